The SMILES string of the molecule is COC(=O)N[C@@H](C(C)C)C(O)N1CCC[C@H]1c1ncc(-c2ccc3c(c2)OC2(CCCCC2)n2c-3cc3cc(-c4cnc([C@@H]5CCCN5C(=O)[C@@H](NC(=O)OC)C(C)C)[nH]4)ccc32)[nH]1. The quantitative estimate of drug-likeness (QED) is 0.0870. The summed E-state index contributed by atoms with van der Waals surface area (Å²) < 4.78 is 19.3. The molecule has 1 unspecified atom stereocenters. The van der Waals surface area contributed by atoms with Gasteiger partial charge in [-0.1, -0.05) is 46.2 Å². The van der Waals surface area contributed by atoms with E-state index in [4.69, 9.17) is 24.2 Å². The third-order valence-electron chi connectivity index (χ3n) is 13.9. The number of ether oxygens (including phenoxy) is 3. The summed E-state index contributed by atoms with van der Waals surface area (Å²) in [4.78, 5) is 58.6. The Bertz CT molecular complexity index is 2520. The molecule has 5 atom stereocenters. The molecule has 3 aromatic heterocycles. The summed E-state index contributed by atoms with van der Waals surface area (Å²) in [7, 11) is 2.63. The average molecular weight is 876 g/mol. The van der Waals surface area contributed by atoms with Crippen molar-refractivity contribution >= 4 is 29.0 Å². The standard InChI is InChI=1S/C48H61N9O7/c1-27(2)40(53-46(60)62-5)44(58)55-20-10-12-36(55)42-49-25-33(51-42)29-15-17-35-31(22-29)23-38-32-16-14-30(24-39(32)64-48(57(35)38)18-8-7-9-19-48)34-26-50-43(52-34)37-13-11-21-56(37)45(59)41(28(3)4)54-47(61)63-6/h14-17,22-28,36-37,40-41,45,59H,7-13,18-21H2,1-6H3,(H,49,51)(H,50,52)(H,53,60)(H,54,61)/t36-,37-,40-,41-,45?/m0/s1. The predicted octanol–water partition coefficient (Wildman–Crippen LogP) is 7.98. The van der Waals surface area contributed by atoms with Crippen molar-refractivity contribution in [2.45, 2.75) is 122 Å². The van der Waals surface area contributed by atoms with Gasteiger partial charge in [0.1, 0.15) is 29.7 Å². The maximum Gasteiger partial charge on any atom is 0.407 e. The van der Waals surface area contributed by atoms with Crippen LogP contribution < -0.4 is 15.4 Å². The predicted molar refractivity (Wildman–Crippen MR) is 241 cm³/mol. The normalized spacial score (nSPS) is 20.8. The molecule has 64 heavy (non-hydrogen) atoms. The molecule has 6 heterocycles. The molecule has 16 heteroatoms. The van der Waals surface area contributed by atoms with Crippen LogP contribution in [-0.2, 0) is 20.0 Å². The lowest BCUT2D eigenvalue weighted by atomic mass is 9.89. The molecule has 0 bridgehead atoms. The maximum absolute atomic E-state index is 13.8. The summed E-state index contributed by atoms with van der Waals surface area (Å²) in [6.07, 6.45) is 10.1. The van der Waals surface area contributed by atoms with Crippen LogP contribution in [0.3, 0.4) is 0 Å². The van der Waals surface area contributed by atoms with Crippen LogP contribution >= 0.6 is 0 Å². The number of hydrogen-bond acceptors (Lipinski definition) is 10. The third-order valence-corrected chi connectivity index (χ3v) is 13.9. The first kappa shape index (κ1) is 43.4. The highest BCUT2D eigenvalue weighted by Gasteiger charge is 2.44. The lowest BCUT2D eigenvalue weighted by Gasteiger charge is -2.44. The fraction of sp³-hybridized carbons (Fsp3) is 0.521. The van der Waals surface area contributed by atoms with E-state index in [1.165, 1.54) is 20.6 Å². The van der Waals surface area contributed by atoms with Crippen LogP contribution in [0.25, 0.3) is 44.7 Å². The van der Waals surface area contributed by atoms with E-state index < -0.39 is 36.2 Å². The monoisotopic (exact) mass is 875 g/mol. The van der Waals surface area contributed by atoms with Gasteiger partial charge in [-0.05, 0) is 80.7 Å². The highest BCUT2D eigenvalue weighted by atomic mass is 16.5. The largest absolute Gasteiger partial charge is 0.467 e. The molecule has 4 aliphatic rings. The van der Waals surface area contributed by atoms with E-state index in [0.29, 0.717) is 13.1 Å². The summed E-state index contributed by atoms with van der Waals surface area (Å²) in [5, 5.41) is 18.2. The molecule has 2 aromatic carbocycles. The molecule has 2 saturated heterocycles. The second-order valence-corrected chi connectivity index (χ2v) is 18.6. The van der Waals surface area contributed by atoms with Crippen molar-refractivity contribution in [3.63, 3.8) is 0 Å². The number of amides is 3. The first-order valence-electron chi connectivity index (χ1n) is 22.9. The topological polar surface area (TPSA) is 192 Å². The number of benzene rings is 2. The van der Waals surface area contributed by atoms with Crippen molar-refractivity contribution in [3.8, 4) is 39.5 Å². The maximum atomic E-state index is 13.8. The Morgan fingerprint density at radius 3 is 2.12 bits per heavy atom. The molecule has 3 amide bonds. The first-order valence-corrected chi connectivity index (χ1v) is 22.9. The molecule has 3 fully saturated rings. The zero-order valence-corrected chi connectivity index (χ0v) is 37.6. The number of imidazole rings is 2. The lowest BCUT2D eigenvalue weighted by molar-refractivity contribution is -0.135. The number of aromatic amines is 2. The summed E-state index contributed by atoms with van der Waals surface area (Å²) in [5.74, 6) is 2.07. The molecular weight excluding hydrogens is 815 g/mol. The number of methoxy groups -OCH3 is 2. The van der Waals surface area contributed by atoms with Crippen LogP contribution in [0, 0.1) is 11.8 Å². The summed E-state index contributed by atoms with van der Waals surface area (Å²) >= 11 is 0. The first-order chi connectivity index (χ1) is 30.9. The van der Waals surface area contributed by atoms with Crippen molar-refractivity contribution in [2.75, 3.05) is 27.3 Å². The van der Waals surface area contributed by atoms with E-state index in [9.17, 15) is 19.5 Å². The Hall–Kier alpha value is -5.87. The highest BCUT2D eigenvalue weighted by molar-refractivity contribution is 5.92. The molecule has 5 N–H and O–H groups in total. The van der Waals surface area contributed by atoms with Crippen molar-refractivity contribution in [1.82, 2.24) is 44.9 Å². The Balaban J connectivity index is 0.990. The lowest BCUT2D eigenvalue weighted by Crippen LogP contribution is -2.54. The van der Waals surface area contributed by atoms with E-state index in [2.05, 4.69) is 67.6 Å². The van der Waals surface area contributed by atoms with Gasteiger partial charge in [-0.15, -0.1) is 0 Å². The van der Waals surface area contributed by atoms with Gasteiger partial charge in [-0.2, -0.15) is 0 Å². The summed E-state index contributed by atoms with van der Waals surface area (Å²) in [6, 6.07) is 13.6. The van der Waals surface area contributed by atoms with Crippen LogP contribution in [0.4, 0.5) is 9.59 Å². The number of nitrogens with one attached hydrogen (secondary N) is 4. The number of alkyl carbamates (subject to hydrolysis) is 2. The van der Waals surface area contributed by atoms with Gasteiger partial charge in [-0.25, -0.2) is 19.6 Å². The van der Waals surface area contributed by atoms with Gasteiger partial charge >= 0.3 is 12.2 Å². The number of nitrogens with zero attached hydrogens (tertiary/aromatic N) is 5. The van der Waals surface area contributed by atoms with Crippen molar-refractivity contribution in [3.05, 3.63) is 66.5 Å². The van der Waals surface area contributed by atoms with Crippen molar-refractivity contribution in [1.29, 1.82) is 0 Å². The number of aliphatic hydroxyl groups is 1. The molecule has 3 aliphatic heterocycles. The number of H-pyrrole nitrogens is 2. The zero-order valence-electron chi connectivity index (χ0n) is 37.6. The molecule has 16 nitrogen and oxygen atoms in total. The molecule has 0 radical (unpaired) electrons. The fourth-order valence-corrected chi connectivity index (χ4v) is 10.6. The van der Waals surface area contributed by atoms with Crippen LogP contribution in [-0.4, -0.2) is 103 Å². The Morgan fingerprint density at radius 2 is 1.44 bits per heavy atom. The van der Waals surface area contributed by atoms with Crippen molar-refractivity contribution in [2.24, 2.45) is 11.8 Å². The van der Waals surface area contributed by atoms with Gasteiger partial charge in [-0.3, -0.25) is 9.69 Å². The van der Waals surface area contributed by atoms with E-state index in [1.807, 2.05) is 49.9 Å². The fourth-order valence-electron chi connectivity index (χ4n) is 10.6. The number of carbonyl (C=O) groups excluding carboxylic acids is 3. The molecule has 9 rings (SSSR count). The number of hydrogen-bond donors (Lipinski definition) is 5. The van der Waals surface area contributed by atoms with Gasteiger partial charge < -0.3 is 49.4 Å². The van der Waals surface area contributed by atoms with Crippen LogP contribution in [0.1, 0.15) is 109 Å². The minimum atomic E-state index is -0.911. The molecule has 1 spiro atoms. The van der Waals surface area contributed by atoms with Gasteiger partial charge in [0.2, 0.25) is 5.91 Å². The number of rotatable bonds is 11. The van der Waals surface area contributed by atoms with E-state index >= 15 is 0 Å². The van der Waals surface area contributed by atoms with E-state index in [-0.39, 0.29) is 29.8 Å². The Morgan fingerprint density at radius 1 is 0.797 bits per heavy atom. The van der Waals surface area contributed by atoms with Crippen LogP contribution in [0.2, 0.25) is 0 Å². The minimum absolute atomic E-state index is 0.0210. The number of aromatic nitrogens is 5. The second kappa shape index (κ2) is 17.6. The smallest absolute Gasteiger partial charge is 0.407 e. The van der Waals surface area contributed by atoms with Gasteiger partial charge in [0, 0.05) is 48.0 Å². The van der Waals surface area contributed by atoms with E-state index in [0.717, 1.165) is 113 Å². The van der Waals surface area contributed by atoms with Gasteiger partial charge in [0.05, 0.1) is 67.3 Å². The number of likely N-dealkylation sites (tertiary alicyclic amines) is 2. The van der Waals surface area contributed by atoms with Gasteiger partial charge in [0.15, 0.2) is 5.72 Å². The minimum Gasteiger partial charge on any atom is -0.467 e. The van der Waals surface area contributed by atoms with E-state index in [1.54, 1.807) is 0 Å². The van der Waals surface area contributed by atoms with Crippen molar-refractivity contribution < 1.29 is 33.7 Å². The summed E-state index contributed by atoms with van der Waals surface area (Å²) in [5.41, 5.74) is 6.43. The zero-order chi connectivity index (χ0) is 44.9. The average Bonchev–Trinajstić information content (AvgIpc) is 4.15. The van der Waals surface area contributed by atoms with Crippen LogP contribution in [0.15, 0.2) is 54.9 Å². The molecule has 5 aromatic rings. The number of fused-ring (bicyclic) bond motifs is 6. The molecule has 340 valence electrons. The Labute approximate surface area is 373 Å². The van der Waals surface area contributed by atoms with Crippen LogP contribution in [0.5, 0.6) is 5.75 Å². The second-order valence-electron chi connectivity index (χ2n) is 18.6. The molecular formula is C48H61N9O7. The van der Waals surface area contributed by atoms with Gasteiger partial charge in [0.25, 0.3) is 0 Å². The summed E-state index contributed by atoms with van der Waals surface area (Å²) in [6.45, 7) is 9.04. The Kier molecular flexibility index (Phi) is 11.9. The number of aliphatic hydroxyl groups excluding tert-OH is 1. The highest BCUT2D eigenvalue weighted by Crippen LogP contribution is 2.51. The third kappa shape index (κ3) is 7.88. The molecule has 1 saturated carbocycles. The number of carbonyl (C=O) groups is 3. The molecule has 1 aliphatic carbocycles.